The lowest BCUT2D eigenvalue weighted by molar-refractivity contribution is 0.201. The number of ether oxygens (including phenoxy) is 1. The lowest BCUT2D eigenvalue weighted by Gasteiger charge is -2.01. The highest BCUT2D eigenvalue weighted by atomic mass is 16.6. The van der Waals surface area contributed by atoms with Gasteiger partial charge < -0.3 is 4.74 Å². The van der Waals surface area contributed by atoms with Gasteiger partial charge in [-0.25, -0.2) is 11.4 Å². The van der Waals surface area contributed by atoms with Crippen molar-refractivity contribution in [3.63, 3.8) is 0 Å². The quantitative estimate of drug-likeness (QED) is 0.696. The zero-order chi connectivity index (χ0) is 9.52. The average molecular weight is 176 g/mol. The molecule has 0 radical (unpaired) electrons. The number of carbonyl (C=O) groups is 1. The summed E-state index contributed by atoms with van der Waals surface area (Å²) in [7, 11) is 0. The molecule has 0 saturated heterocycles. The van der Waals surface area contributed by atoms with Gasteiger partial charge >= 0.3 is 6.09 Å². The standard InChI is InChI=1S/C9H8N2O2/c1-10-7-11-9(12)13-8-5-3-2-4-6-8/h2-6H,7H2,(H,11,12). The predicted octanol–water partition coefficient (Wildman–Crippen LogP) is 1.65. The Labute approximate surface area is 76.0 Å². The third-order valence-corrected chi connectivity index (χ3v) is 1.26. The maximum absolute atomic E-state index is 10.9. The molecule has 0 atom stereocenters. The van der Waals surface area contributed by atoms with Crippen LogP contribution in [0.3, 0.4) is 0 Å². The minimum atomic E-state index is -0.609. The van der Waals surface area contributed by atoms with Crippen LogP contribution in [0.4, 0.5) is 4.79 Å². The number of para-hydroxylation sites is 1. The van der Waals surface area contributed by atoms with E-state index in [2.05, 4.69) is 10.2 Å². The number of rotatable bonds is 2. The molecule has 0 unspecified atom stereocenters. The van der Waals surface area contributed by atoms with Crippen LogP contribution >= 0.6 is 0 Å². The minimum absolute atomic E-state index is 0.0638. The largest absolute Gasteiger partial charge is 0.418 e. The first-order valence-electron chi connectivity index (χ1n) is 3.67. The summed E-state index contributed by atoms with van der Waals surface area (Å²) in [6.07, 6.45) is -0.609. The summed E-state index contributed by atoms with van der Waals surface area (Å²) in [5, 5.41) is 2.27. The van der Waals surface area contributed by atoms with Gasteiger partial charge in [0.15, 0.2) is 0 Å². The van der Waals surface area contributed by atoms with Crippen molar-refractivity contribution in [2.24, 2.45) is 0 Å². The van der Waals surface area contributed by atoms with Crippen LogP contribution < -0.4 is 10.1 Å². The lowest BCUT2D eigenvalue weighted by Crippen LogP contribution is -2.26. The minimum Gasteiger partial charge on any atom is -0.410 e. The van der Waals surface area contributed by atoms with Crippen LogP contribution in [-0.2, 0) is 0 Å². The third-order valence-electron chi connectivity index (χ3n) is 1.26. The molecule has 0 fully saturated rings. The Morgan fingerprint density at radius 3 is 2.77 bits per heavy atom. The van der Waals surface area contributed by atoms with E-state index in [1.54, 1.807) is 24.3 Å². The van der Waals surface area contributed by atoms with Crippen molar-refractivity contribution in [3.8, 4) is 5.75 Å². The van der Waals surface area contributed by atoms with Gasteiger partial charge in [0.1, 0.15) is 5.75 Å². The summed E-state index contributed by atoms with van der Waals surface area (Å²) in [5.41, 5.74) is 0. The van der Waals surface area contributed by atoms with Crippen LogP contribution in [0.1, 0.15) is 0 Å². The van der Waals surface area contributed by atoms with Crippen molar-refractivity contribution in [1.29, 1.82) is 0 Å². The summed E-state index contributed by atoms with van der Waals surface area (Å²) in [6, 6.07) is 8.67. The van der Waals surface area contributed by atoms with Crippen LogP contribution in [0.5, 0.6) is 5.75 Å². The fourth-order valence-corrected chi connectivity index (χ4v) is 0.736. The number of benzene rings is 1. The molecule has 0 aliphatic heterocycles. The Balaban J connectivity index is 2.42. The Hall–Kier alpha value is -2.02. The van der Waals surface area contributed by atoms with Crippen LogP contribution in [-0.4, -0.2) is 12.8 Å². The monoisotopic (exact) mass is 176 g/mol. The molecule has 4 nitrogen and oxygen atoms in total. The van der Waals surface area contributed by atoms with Crippen LogP contribution in [0.2, 0.25) is 0 Å². The van der Waals surface area contributed by atoms with E-state index in [1.165, 1.54) is 0 Å². The molecular formula is C9H8N2O2. The molecule has 0 heterocycles. The van der Waals surface area contributed by atoms with Gasteiger partial charge in [0.2, 0.25) is 0 Å². The maximum Gasteiger partial charge on any atom is 0.418 e. The van der Waals surface area contributed by atoms with Crippen molar-refractivity contribution in [2.45, 2.75) is 0 Å². The Kier molecular flexibility index (Phi) is 3.33. The summed E-state index contributed by atoms with van der Waals surface area (Å²) in [6.45, 7) is 6.37. The molecular weight excluding hydrogens is 168 g/mol. The van der Waals surface area contributed by atoms with E-state index in [4.69, 9.17) is 11.3 Å². The summed E-state index contributed by atoms with van der Waals surface area (Å²) >= 11 is 0. The van der Waals surface area contributed by atoms with E-state index in [0.717, 1.165) is 0 Å². The molecule has 0 saturated carbocycles. The normalized spacial score (nSPS) is 8.54. The topological polar surface area (TPSA) is 42.7 Å². The number of carbonyl (C=O) groups excluding carboxylic acids is 1. The van der Waals surface area contributed by atoms with E-state index >= 15 is 0 Å². The van der Waals surface area contributed by atoms with Crippen molar-refractivity contribution in [3.05, 3.63) is 41.7 Å². The first-order chi connectivity index (χ1) is 6.33. The zero-order valence-electron chi connectivity index (χ0n) is 6.86. The highest BCUT2D eigenvalue weighted by Gasteiger charge is 2.02. The number of hydrogen-bond donors (Lipinski definition) is 1. The van der Waals surface area contributed by atoms with E-state index in [1.807, 2.05) is 6.07 Å². The molecule has 1 aromatic carbocycles. The number of amides is 1. The fourth-order valence-electron chi connectivity index (χ4n) is 0.736. The van der Waals surface area contributed by atoms with E-state index in [0.29, 0.717) is 5.75 Å². The first kappa shape index (κ1) is 9.07. The molecule has 1 N–H and O–H groups in total. The molecule has 0 aliphatic rings. The van der Waals surface area contributed by atoms with Crippen molar-refractivity contribution in [2.75, 3.05) is 6.67 Å². The average Bonchev–Trinajstić information content (AvgIpc) is 2.16. The zero-order valence-corrected chi connectivity index (χ0v) is 6.86. The highest BCUT2D eigenvalue weighted by Crippen LogP contribution is 2.07. The lowest BCUT2D eigenvalue weighted by atomic mass is 10.3. The molecule has 0 spiro atoms. The first-order valence-corrected chi connectivity index (χ1v) is 3.67. The van der Waals surface area contributed by atoms with Gasteiger partial charge in [-0.2, -0.15) is 0 Å². The number of nitrogens with one attached hydrogen (secondary N) is 1. The van der Waals surface area contributed by atoms with Gasteiger partial charge in [-0.15, -0.1) is 0 Å². The van der Waals surface area contributed by atoms with Crippen molar-refractivity contribution < 1.29 is 9.53 Å². The molecule has 1 amide bonds. The number of nitrogens with zero attached hydrogens (tertiary/aromatic N) is 1. The fraction of sp³-hybridized carbons (Fsp3) is 0.111. The Morgan fingerprint density at radius 2 is 2.15 bits per heavy atom. The molecule has 0 aliphatic carbocycles. The van der Waals surface area contributed by atoms with Gasteiger partial charge in [0.25, 0.3) is 6.67 Å². The van der Waals surface area contributed by atoms with Gasteiger partial charge in [0, 0.05) is 0 Å². The van der Waals surface area contributed by atoms with E-state index in [-0.39, 0.29) is 6.67 Å². The van der Waals surface area contributed by atoms with Gasteiger partial charge in [-0.05, 0) is 12.1 Å². The molecule has 1 aromatic rings. The maximum atomic E-state index is 10.9. The molecule has 13 heavy (non-hydrogen) atoms. The molecule has 0 bridgehead atoms. The van der Waals surface area contributed by atoms with Crippen molar-refractivity contribution >= 4 is 6.09 Å². The Morgan fingerprint density at radius 1 is 1.46 bits per heavy atom. The summed E-state index contributed by atoms with van der Waals surface area (Å²) in [4.78, 5) is 13.9. The summed E-state index contributed by atoms with van der Waals surface area (Å²) < 4.78 is 4.82. The molecule has 1 rings (SSSR count). The highest BCUT2D eigenvalue weighted by molar-refractivity contribution is 5.70. The second-order valence-electron chi connectivity index (χ2n) is 2.20. The Bertz CT molecular complexity index is 316. The van der Waals surface area contributed by atoms with E-state index < -0.39 is 6.09 Å². The second-order valence-corrected chi connectivity index (χ2v) is 2.20. The molecule has 66 valence electrons. The van der Waals surface area contributed by atoms with Gasteiger partial charge in [-0.1, -0.05) is 18.2 Å². The van der Waals surface area contributed by atoms with E-state index in [9.17, 15) is 4.79 Å². The van der Waals surface area contributed by atoms with Crippen molar-refractivity contribution in [1.82, 2.24) is 5.32 Å². The van der Waals surface area contributed by atoms with Gasteiger partial charge in [-0.3, -0.25) is 10.2 Å². The molecule has 4 heteroatoms. The van der Waals surface area contributed by atoms with Crippen LogP contribution in [0, 0.1) is 6.57 Å². The molecule has 0 aromatic heterocycles. The third kappa shape index (κ3) is 3.25. The number of hydrogen-bond acceptors (Lipinski definition) is 2. The van der Waals surface area contributed by atoms with Crippen LogP contribution in [0.25, 0.3) is 4.85 Å². The smallest absolute Gasteiger partial charge is 0.410 e. The predicted molar refractivity (Wildman–Crippen MR) is 47.1 cm³/mol. The second kappa shape index (κ2) is 4.78. The summed E-state index contributed by atoms with van der Waals surface area (Å²) in [5.74, 6) is 0.463. The van der Waals surface area contributed by atoms with Gasteiger partial charge in [0.05, 0.1) is 0 Å². The van der Waals surface area contributed by atoms with Crippen LogP contribution in [0.15, 0.2) is 30.3 Å². The SMILES string of the molecule is [C-]#[N+]CNC(=O)Oc1ccccc1.